The van der Waals surface area contributed by atoms with Crippen molar-refractivity contribution in [1.29, 1.82) is 0 Å². The molecular weight excluding hydrogens is 287 g/mol. The van der Waals surface area contributed by atoms with Gasteiger partial charge < -0.3 is 11.1 Å². The molecule has 104 valence electrons. The zero-order chi connectivity index (χ0) is 14.7. The number of hydrogen-bond donors (Lipinski definition) is 2. The van der Waals surface area contributed by atoms with Gasteiger partial charge in [0.25, 0.3) is 5.56 Å². The van der Waals surface area contributed by atoms with Crippen LogP contribution in [0.1, 0.15) is 0 Å². The number of carbonyl (C=O) groups excluding carboxylic acids is 1. The summed E-state index contributed by atoms with van der Waals surface area (Å²) in [6.45, 7) is -0.273. The summed E-state index contributed by atoms with van der Waals surface area (Å²) in [5.74, 6) is -0.879. The van der Waals surface area contributed by atoms with Crippen LogP contribution in [0.5, 0.6) is 0 Å². The van der Waals surface area contributed by atoms with Crippen molar-refractivity contribution in [2.75, 3.05) is 11.1 Å². The molecule has 1 heterocycles. The predicted octanol–water partition coefficient (Wildman–Crippen LogP) is 1.26. The molecule has 0 unspecified atom stereocenters. The highest BCUT2D eigenvalue weighted by molar-refractivity contribution is 6.31. The molecule has 0 aliphatic carbocycles. The van der Waals surface area contributed by atoms with Crippen molar-refractivity contribution in [3.63, 3.8) is 0 Å². The molecule has 0 radical (unpaired) electrons. The molecule has 1 aromatic carbocycles. The van der Waals surface area contributed by atoms with Gasteiger partial charge in [-0.15, -0.1) is 0 Å². The fourth-order valence-corrected chi connectivity index (χ4v) is 1.61. The fraction of sp³-hybridized carbons (Fsp3) is 0.0833. The number of aromatic nitrogens is 2. The van der Waals surface area contributed by atoms with Crippen molar-refractivity contribution in [3.8, 4) is 0 Å². The highest BCUT2D eigenvalue weighted by Crippen LogP contribution is 2.09. The molecule has 0 aliphatic heterocycles. The predicted molar refractivity (Wildman–Crippen MR) is 72.9 cm³/mol. The highest BCUT2D eigenvalue weighted by atomic mass is 35.5. The Balaban J connectivity index is 2.11. The number of carbonyl (C=O) groups is 1. The monoisotopic (exact) mass is 296 g/mol. The van der Waals surface area contributed by atoms with Crippen LogP contribution in [0.2, 0.25) is 5.15 Å². The van der Waals surface area contributed by atoms with E-state index < -0.39 is 17.3 Å². The number of amides is 1. The van der Waals surface area contributed by atoms with Crippen LogP contribution >= 0.6 is 11.6 Å². The molecule has 0 fully saturated rings. The summed E-state index contributed by atoms with van der Waals surface area (Å²) in [5.41, 5.74) is 5.03. The molecular formula is C12H10ClFN4O2. The molecule has 0 saturated carbocycles. The number of nitrogens with one attached hydrogen (secondary N) is 1. The minimum Gasteiger partial charge on any atom is -0.392 e. The van der Waals surface area contributed by atoms with Gasteiger partial charge in [0.1, 0.15) is 18.0 Å². The molecule has 1 aromatic heterocycles. The van der Waals surface area contributed by atoms with Crippen molar-refractivity contribution in [2.24, 2.45) is 0 Å². The summed E-state index contributed by atoms with van der Waals surface area (Å²) < 4.78 is 13.7. The zero-order valence-electron chi connectivity index (χ0n) is 10.1. The van der Waals surface area contributed by atoms with Crippen molar-refractivity contribution < 1.29 is 9.18 Å². The van der Waals surface area contributed by atoms with E-state index in [9.17, 15) is 14.0 Å². The lowest BCUT2D eigenvalue weighted by atomic mass is 10.3. The topological polar surface area (TPSA) is 90.0 Å². The molecule has 6 nitrogen and oxygen atoms in total. The number of hydrogen-bond acceptors (Lipinski definition) is 4. The number of benzene rings is 1. The van der Waals surface area contributed by atoms with Crippen LogP contribution < -0.4 is 16.6 Å². The van der Waals surface area contributed by atoms with Crippen molar-refractivity contribution in [1.82, 2.24) is 9.55 Å². The Morgan fingerprint density at radius 2 is 2.05 bits per heavy atom. The number of halogens is 2. The molecule has 0 atom stereocenters. The van der Waals surface area contributed by atoms with Gasteiger partial charge in [-0.3, -0.25) is 14.2 Å². The highest BCUT2D eigenvalue weighted by Gasteiger charge is 2.10. The Morgan fingerprint density at radius 3 is 2.70 bits per heavy atom. The SMILES string of the molecule is Nc1c(Cl)ncn(CC(=O)Nc2ccc(F)cc2)c1=O. The van der Waals surface area contributed by atoms with E-state index in [0.717, 1.165) is 10.9 Å². The molecule has 0 spiro atoms. The molecule has 2 rings (SSSR count). The largest absolute Gasteiger partial charge is 0.392 e. The lowest BCUT2D eigenvalue weighted by molar-refractivity contribution is -0.116. The lowest BCUT2D eigenvalue weighted by Gasteiger charge is -2.08. The molecule has 8 heteroatoms. The van der Waals surface area contributed by atoms with Crippen LogP contribution in [-0.2, 0) is 11.3 Å². The van der Waals surface area contributed by atoms with Gasteiger partial charge in [-0.2, -0.15) is 0 Å². The zero-order valence-corrected chi connectivity index (χ0v) is 10.9. The fourth-order valence-electron chi connectivity index (χ4n) is 1.49. The van der Waals surface area contributed by atoms with Gasteiger partial charge in [0.05, 0.1) is 6.33 Å². The quantitative estimate of drug-likeness (QED) is 0.834. The summed E-state index contributed by atoms with van der Waals surface area (Å²) in [6.07, 6.45) is 1.13. The van der Waals surface area contributed by atoms with Crippen LogP contribution in [0.15, 0.2) is 35.4 Å². The van der Waals surface area contributed by atoms with E-state index in [2.05, 4.69) is 10.3 Å². The Labute approximate surface area is 118 Å². The van der Waals surface area contributed by atoms with Crippen molar-refractivity contribution in [3.05, 3.63) is 51.9 Å². The average Bonchev–Trinajstić information content (AvgIpc) is 2.42. The van der Waals surface area contributed by atoms with E-state index >= 15 is 0 Å². The number of anilines is 2. The minimum atomic E-state index is -0.598. The standard InChI is InChI=1S/C12H10ClFN4O2/c13-11-10(15)12(20)18(6-16-11)5-9(19)17-8-3-1-7(14)2-4-8/h1-4,6H,5,15H2,(H,17,19). The smallest absolute Gasteiger partial charge is 0.278 e. The van der Waals surface area contributed by atoms with Gasteiger partial charge in [-0.25, -0.2) is 9.37 Å². The third-order valence-corrected chi connectivity index (χ3v) is 2.77. The van der Waals surface area contributed by atoms with Crippen molar-refractivity contribution in [2.45, 2.75) is 6.54 Å². The second-order valence-electron chi connectivity index (χ2n) is 3.94. The van der Waals surface area contributed by atoms with E-state index in [-0.39, 0.29) is 17.4 Å². The molecule has 20 heavy (non-hydrogen) atoms. The first-order valence-corrected chi connectivity index (χ1v) is 5.91. The molecule has 1 amide bonds. The molecule has 3 N–H and O–H groups in total. The Kier molecular flexibility index (Phi) is 3.99. The Hall–Kier alpha value is -2.41. The van der Waals surface area contributed by atoms with E-state index in [0.29, 0.717) is 5.69 Å². The lowest BCUT2D eigenvalue weighted by Crippen LogP contribution is -2.29. The first-order chi connectivity index (χ1) is 9.47. The summed E-state index contributed by atoms with van der Waals surface area (Å²) >= 11 is 5.58. The Bertz CT molecular complexity index is 700. The normalized spacial score (nSPS) is 10.3. The first-order valence-electron chi connectivity index (χ1n) is 5.53. The van der Waals surface area contributed by atoms with E-state index in [1.807, 2.05) is 0 Å². The number of nitrogen functional groups attached to an aromatic ring is 1. The molecule has 0 saturated heterocycles. The van der Waals surface area contributed by atoms with Gasteiger partial charge in [-0.1, -0.05) is 11.6 Å². The second kappa shape index (κ2) is 5.70. The van der Waals surface area contributed by atoms with Gasteiger partial charge in [0, 0.05) is 5.69 Å². The minimum absolute atomic E-state index is 0.106. The summed E-state index contributed by atoms with van der Waals surface area (Å²) in [5, 5.41) is 2.41. The van der Waals surface area contributed by atoms with Gasteiger partial charge >= 0.3 is 0 Å². The van der Waals surface area contributed by atoms with Crippen LogP contribution in [-0.4, -0.2) is 15.5 Å². The molecule has 0 aliphatic rings. The van der Waals surface area contributed by atoms with Gasteiger partial charge in [0.2, 0.25) is 5.91 Å². The van der Waals surface area contributed by atoms with Crippen LogP contribution in [0.25, 0.3) is 0 Å². The van der Waals surface area contributed by atoms with E-state index in [1.165, 1.54) is 24.3 Å². The summed E-state index contributed by atoms with van der Waals surface area (Å²) in [4.78, 5) is 27.1. The third-order valence-electron chi connectivity index (χ3n) is 2.47. The number of nitrogens with two attached hydrogens (primary N) is 1. The summed E-state index contributed by atoms with van der Waals surface area (Å²) in [7, 11) is 0. The molecule has 0 bridgehead atoms. The third kappa shape index (κ3) is 3.12. The maximum atomic E-state index is 12.7. The summed E-state index contributed by atoms with van der Waals surface area (Å²) in [6, 6.07) is 5.24. The molecule has 2 aromatic rings. The van der Waals surface area contributed by atoms with E-state index in [1.54, 1.807) is 0 Å². The Morgan fingerprint density at radius 1 is 1.40 bits per heavy atom. The van der Waals surface area contributed by atoms with E-state index in [4.69, 9.17) is 17.3 Å². The number of rotatable bonds is 3. The van der Waals surface area contributed by atoms with Gasteiger partial charge in [-0.05, 0) is 24.3 Å². The van der Waals surface area contributed by atoms with Crippen LogP contribution in [0.3, 0.4) is 0 Å². The average molecular weight is 297 g/mol. The second-order valence-corrected chi connectivity index (χ2v) is 4.30. The van der Waals surface area contributed by atoms with Crippen LogP contribution in [0, 0.1) is 5.82 Å². The number of nitrogens with zero attached hydrogens (tertiary/aromatic N) is 2. The van der Waals surface area contributed by atoms with Crippen molar-refractivity contribution >= 4 is 28.9 Å². The van der Waals surface area contributed by atoms with Gasteiger partial charge in [0.15, 0.2) is 5.15 Å². The van der Waals surface area contributed by atoms with Crippen LogP contribution in [0.4, 0.5) is 15.8 Å². The first kappa shape index (κ1) is 14.0. The maximum Gasteiger partial charge on any atom is 0.278 e. The maximum absolute atomic E-state index is 12.7.